The van der Waals surface area contributed by atoms with Crippen molar-refractivity contribution in [3.05, 3.63) is 101 Å². The highest BCUT2D eigenvalue weighted by Gasteiger charge is 2.39. The van der Waals surface area contributed by atoms with Crippen molar-refractivity contribution in [2.45, 2.75) is 12.5 Å². The molecule has 0 saturated carbocycles. The summed E-state index contributed by atoms with van der Waals surface area (Å²) in [5.41, 5.74) is 1.81. The van der Waals surface area contributed by atoms with Gasteiger partial charge in [0.05, 0.1) is 17.6 Å². The maximum absolute atomic E-state index is 13.7. The van der Waals surface area contributed by atoms with Gasteiger partial charge in [-0.05, 0) is 42.0 Å². The fourth-order valence-electron chi connectivity index (χ4n) is 4.38. The van der Waals surface area contributed by atoms with Crippen LogP contribution in [0.5, 0.6) is 0 Å². The Morgan fingerprint density at radius 1 is 0.949 bits per heavy atom. The molecule has 39 heavy (non-hydrogen) atoms. The third-order valence-electron chi connectivity index (χ3n) is 6.20. The SMILES string of the molecule is O=C(Nc1cccc(F)c1)C(Cc1ccccc1)N1CC(=O)N(c2cc(Cl)ccc2-n2cc(Cl)nn2)CC1=O. The van der Waals surface area contributed by atoms with Crippen molar-refractivity contribution in [3.63, 3.8) is 0 Å². The van der Waals surface area contributed by atoms with Crippen LogP contribution in [0.25, 0.3) is 5.69 Å². The van der Waals surface area contributed by atoms with Crippen LogP contribution >= 0.6 is 23.2 Å². The first-order chi connectivity index (χ1) is 18.8. The second-order valence-corrected chi connectivity index (χ2v) is 9.65. The number of carbonyl (C=O) groups excluding carboxylic acids is 3. The van der Waals surface area contributed by atoms with E-state index in [0.29, 0.717) is 16.4 Å². The minimum Gasteiger partial charge on any atom is -0.324 e. The van der Waals surface area contributed by atoms with Gasteiger partial charge >= 0.3 is 0 Å². The second-order valence-electron chi connectivity index (χ2n) is 8.83. The van der Waals surface area contributed by atoms with Crippen molar-refractivity contribution in [1.29, 1.82) is 0 Å². The minimum atomic E-state index is -1.03. The second kappa shape index (κ2) is 11.2. The quantitative estimate of drug-likeness (QED) is 0.362. The van der Waals surface area contributed by atoms with Gasteiger partial charge in [-0.15, -0.1) is 5.10 Å². The van der Waals surface area contributed by atoms with Gasteiger partial charge in [-0.1, -0.05) is 64.8 Å². The topological polar surface area (TPSA) is 100 Å². The molecule has 1 aromatic heterocycles. The van der Waals surface area contributed by atoms with E-state index in [2.05, 4.69) is 15.6 Å². The molecule has 0 bridgehead atoms. The summed E-state index contributed by atoms with van der Waals surface area (Å²) in [6.45, 7) is -0.704. The molecule has 4 aromatic rings. The Bertz CT molecular complexity index is 1550. The number of carbonyl (C=O) groups is 3. The highest BCUT2D eigenvalue weighted by Crippen LogP contribution is 2.30. The van der Waals surface area contributed by atoms with Crippen LogP contribution in [0.3, 0.4) is 0 Å². The number of nitrogens with one attached hydrogen (secondary N) is 1. The van der Waals surface area contributed by atoms with Gasteiger partial charge in [0.1, 0.15) is 24.9 Å². The van der Waals surface area contributed by atoms with E-state index in [4.69, 9.17) is 23.2 Å². The van der Waals surface area contributed by atoms with Gasteiger partial charge in [-0.2, -0.15) is 0 Å². The molecule has 198 valence electrons. The molecule has 1 fully saturated rings. The third kappa shape index (κ3) is 5.92. The number of halogens is 3. The number of anilines is 2. The van der Waals surface area contributed by atoms with E-state index in [1.54, 1.807) is 24.3 Å². The zero-order chi connectivity index (χ0) is 27.5. The summed E-state index contributed by atoms with van der Waals surface area (Å²) in [6.07, 6.45) is 1.62. The molecule has 5 rings (SSSR count). The van der Waals surface area contributed by atoms with Gasteiger partial charge in [0.15, 0.2) is 5.15 Å². The molecule has 12 heteroatoms. The maximum atomic E-state index is 13.7. The monoisotopic (exact) mass is 566 g/mol. The van der Waals surface area contributed by atoms with E-state index in [1.165, 1.54) is 38.9 Å². The van der Waals surface area contributed by atoms with Crippen LogP contribution < -0.4 is 10.2 Å². The average Bonchev–Trinajstić information content (AvgIpc) is 3.35. The molecule has 2 heterocycles. The van der Waals surface area contributed by atoms with Crippen molar-refractivity contribution < 1.29 is 18.8 Å². The largest absolute Gasteiger partial charge is 0.324 e. The van der Waals surface area contributed by atoms with Crippen molar-refractivity contribution in [1.82, 2.24) is 19.9 Å². The molecule has 0 aliphatic carbocycles. The molecule has 3 amide bonds. The van der Waals surface area contributed by atoms with Gasteiger partial charge in [0, 0.05) is 17.1 Å². The molecule has 0 spiro atoms. The van der Waals surface area contributed by atoms with E-state index >= 15 is 0 Å². The Morgan fingerprint density at radius 2 is 1.74 bits per heavy atom. The Labute approximate surface area is 232 Å². The molecule has 3 aromatic carbocycles. The molecular weight excluding hydrogens is 546 g/mol. The summed E-state index contributed by atoms with van der Waals surface area (Å²) in [7, 11) is 0. The lowest BCUT2D eigenvalue weighted by Gasteiger charge is -2.38. The molecule has 1 N–H and O–H groups in total. The summed E-state index contributed by atoms with van der Waals surface area (Å²) in [4.78, 5) is 42.9. The van der Waals surface area contributed by atoms with Crippen LogP contribution in [-0.4, -0.2) is 56.7 Å². The molecule has 1 aliphatic heterocycles. The van der Waals surface area contributed by atoms with Crippen LogP contribution in [-0.2, 0) is 20.8 Å². The first-order valence-corrected chi connectivity index (χ1v) is 12.6. The number of hydrogen-bond donors (Lipinski definition) is 1. The third-order valence-corrected chi connectivity index (χ3v) is 6.61. The number of piperazine rings is 1. The Hall–Kier alpha value is -4.28. The van der Waals surface area contributed by atoms with Gasteiger partial charge < -0.3 is 10.2 Å². The number of hydrogen-bond acceptors (Lipinski definition) is 5. The van der Waals surface area contributed by atoms with Crippen molar-refractivity contribution >= 4 is 52.3 Å². The minimum absolute atomic E-state index is 0.149. The van der Waals surface area contributed by atoms with Gasteiger partial charge in [-0.25, -0.2) is 9.07 Å². The van der Waals surface area contributed by atoms with Gasteiger partial charge in [0.2, 0.25) is 17.7 Å². The average molecular weight is 567 g/mol. The van der Waals surface area contributed by atoms with Crippen LogP contribution in [0.4, 0.5) is 15.8 Å². The molecule has 1 unspecified atom stereocenters. The van der Waals surface area contributed by atoms with E-state index < -0.39 is 29.6 Å². The van der Waals surface area contributed by atoms with E-state index in [9.17, 15) is 18.8 Å². The Balaban J connectivity index is 1.44. The molecule has 1 aliphatic rings. The van der Waals surface area contributed by atoms with Crippen molar-refractivity contribution in [3.8, 4) is 5.69 Å². The predicted molar refractivity (Wildman–Crippen MR) is 144 cm³/mol. The molecule has 1 atom stereocenters. The summed E-state index contributed by atoms with van der Waals surface area (Å²) >= 11 is 12.2. The normalized spacial score (nSPS) is 14.4. The van der Waals surface area contributed by atoms with Crippen LogP contribution in [0.1, 0.15) is 5.56 Å². The Morgan fingerprint density at radius 3 is 2.46 bits per heavy atom. The number of nitrogens with zero attached hydrogens (tertiary/aromatic N) is 5. The zero-order valence-corrected chi connectivity index (χ0v) is 21.8. The smallest absolute Gasteiger partial charge is 0.247 e. The van der Waals surface area contributed by atoms with Gasteiger partial charge in [0.25, 0.3) is 0 Å². The van der Waals surface area contributed by atoms with Crippen LogP contribution in [0, 0.1) is 5.82 Å². The first-order valence-electron chi connectivity index (χ1n) is 11.9. The number of benzene rings is 3. The lowest BCUT2D eigenvalue weighted by molar-refractivity contribution is -0.143. The first kappa shape index (κ1) is 26.3. The van der Waals surface area contributed by atoms with Crippen LogP contribution in [0.15, 0.2) is 79.0 Å². The highest BCUT2D eigenvalue weighted by atomic mass is 35.5. The molecular formula is C27H21Cl2FN6O3. The highest BCUT2D eigenvalue weighted by molar-refractivity contribution is 6.31. The predicted octanol–water partition coefficient (Wildman–Crippen LogP) is 4.14. The van der Waals surface area contributed by atoms with E-state index in [-0.39, 0.29) is 30.4 Å². The molecule has 1 saturated heterocycles. The molecule has 0 radical (unpaired) electrons. The number of rotatable bonds is 7. The van der Waals surface area contributed by atoms with Crippen molar-refractivity contribution in [2.75, 3.05) is 23.3 Å². The standard InChI is InChI=1S/C27H21Cl2FN6O3/c28-18-9-10-21(36-14-24(29)32-33-36)22(12-18)34-15-26(38)35(16-25(34)37)23(11-17-5-2-1-3-6-17)27(39)31-20-8-4-7-19(30)13-20/h1-10,12-14,23H,11,15-16H2,(H,31,39). The summed E-state index contributed by atoms with van der Waals surface area (Å²) in [6, 6.07) is 18.4. The number of aromatic nitrogens is 3. The summed E-state index contributed by atoms with van der Waals surface area (Å²) in [5.74, 6) is -1.94. The lowest BCUT2D eigenvalue weighted by Crippen LogP contribution is -2.60. The van der Waals surface area contributed by atoms with E-state index in [1.807, 2.05) is 30.3 Å². The summed E-state index contributed by atoms with van der Waals surface area (Å²) in [5, 5.41) is 10.9. The van der Waals surface area contributed by atoms with Gasteiger partial charge in [-0.3, -0.25) is 19.3 Å². The fraction of sp³-hybridized carbons (Fsp3) is 0.148. The maximum Gasteiger partial charge on any atom is 0.247 e. The van der Waals surface area contributed by atoms with Crippen molar-refractivity contribution in [2.24, 2.45) is 0 Å². The summed E-state index contributed by atoms with van der Waals surface area (Å²) < 4.78 is 15.1. The van der Waals surface area contributed by atoms with E-state index in [0.717, 1.165) is 5.56 Å². The molecule has 9 nitrogen and oxygen atoms in total. The Kier molecular flexibility index (Phi) is 7.58. The lowest BCUT2D eigenvalue weighted by atomic mass is 10.0. The number of amides is 3. The van der Waals surface area contributed by atoms with Crippen LogP contribution in [0.2, 0.25) is 10.2 Å². The zero-order valence-electron chi connectivity index (χ0n) is 20.3. The fourth-order valence-corrected chi connectivity index (χ4v) is 4.67.